The van der Waals surface area contributed by atoms with Gasteiger partial charge in [0.1, 0.15) is 6.10 Å². The SMILES string of the molecule is CC(C)c1ccc(S(=O)(=O)N2CCN(C(=O)[C@H]3CCCO3)CC2)cc1. The largest absolute Gasteiger partial charge is 0.368 e. The molecule has 6 nitrogen and oxygen atoms in total. The van der Waals surface area contributed by atoms with E-state index in [2.05, 4.69) is 13.8 Å². The molecule has 2 aliphatic heterocycles. The van der Waals surface area contributed by atoms with E-state index in [9.17, 15) is 13.2 Å². The third-order valence-electron chi connectivity index (χ3n) is 4.94. The predicted octanol–water partition coefficient (Wildman–Crippen LogP) is 1.82. The third-order valence-corrected chi connectivity index (χ3v) is 6.85. The van der Waals surface area contributed by atoms with E-state index >= 15 is 0 Å². The van der Waals surface area contributed by atoms with Gasteiger partial charge in [-0.15, -0.1) is 0 Å². The highest BCUT2D eigenvalue weighted by Crippen LogP contribution is 2.22. The molecule has 0 spiro atoms. The Kier molecular flexibility index (Phi) is 5.46. The first-order chi connectivity index (χ1) is 11.9. The molecule has 2 aliphatic rings. The Morgan fingerprint density at radius 3 is 2.28 bits per heavy atom. The molecule has 1 aromatic carbocycles. The van der Waals surface area contributed by atoms with Crippen LogP contribution in [0.2, 0.25) is 0 Å². The van der Waals surface area contributed by atoms with E-state index in [1.54, 1.807) is 17.0 Å². The van der Waals surface area contributed by atoms with Gasteiger partial charge >= 0.3 is 0 Å². The van der Waals surface area contributed by atoms with Crippen molar-refractivity contribution in [3.8, 4) is 0 Å². The van der Waals surface area contributed by atoms with Crippen LogP contribution in [0.15, 0.2) is 29.2 Å². The second-order valence-corrected chi connectivity index (χ2v) is 8.89. The van der Waals surface area contributed by atoms with Crippen molar-refractivity contribution in [2.45, 2.75) is 43.6 Å². The van der Waals surface area contributed by atoms with E-state index in [0.717, 1.165) is 18.4 Å². The minimum Gasteiger partial charge on any atom is -0.368 e. The smallest absolute Gasteiger partial charge is 0.251 e. The minimum atomic E-state index is -3.51. The summed E-state index contributed by atoms with van der Waals surface area (Å²) in [5, 5.41) is 0. The first kappa shape index (κ1) is 18.4. The van der Waals surface area contributed by atoms with Gasteiger partial charge in [-0.05, 0) is 36.5 Å². The number of piperazine rings is 1. The summed E-state index contributed by atoms with van der Waals surface area (Å²) in [6, 6.07) is 7.09. The molecule has 0 N–H and O–H groups in total. The van der Waals surface area contributed by atoms with Gasteiger partial charge in [0.05, 0.1) is 4.90 Å². The number of rotatable bonds is 4. The molecule has 1 aromatic rings. The number of carbonyl (C=O) groups is 1. The van der Waals surface area contributed by atoms with Crippen molar-refractivity contribution in [1.82, 2.24) is 9.21 Å². The molecule has 0 bridgehead atoms. The van der Waals surface area contributed by atoms with Crippen LogP contribution in [0.25, 0.3) is 0 Å². The lowest BCUT2D eigenvalue weighted by Crippen LogP contribution is -2.52. The molecule has 138 valence electrons. The molecule has 0 aliphatic carbocycles. The van der Waals surface area contributed by atoms with Gasteiger partial charge in [-0.25, -0.2) is 8.42 Å². The van der Waals surface area contributed by atoms with E-state index in [4.69, 9.17) is 4.74 Å². The number of benzene rings is 1. The highest BCUT2D eigenvalue weighted by Gasteiger charge is 2.33. The fraction of sp³-hybridized carbons (Fsp3) is 0.611. The zero-order valence-corrected chi connectivity index (χ0v) is 15.7. The number of ether oxygens (including phenoxy) is 1. The molecule has 0 saturated carbocycles. The monoisotopic (exact) mass is 366 g/mol. The van der Waals surface area contributed by atoms with Crippen molar-refractivity contribution in [1.29, 1.82) is 0 Å². The molecule has 1 amide bonds. The van der Waals surface area contributed by atoms with Crippen molar-refractivity contribution in [3.05, 3.63) is 29.8 Å². The fourth-order valence-corrected chi connectivity index (χ4v) is 4.72. The highest BCUT2D eigenvalue weighted by molar-refractivity contribution is 7.89. The zero-order chi connectivity index (χ0) is 18.0. The van der Waals surface area contributed by atoms with Gasteiger partial charge < -0.3 is 9.64 Å². The van der Waals surface area contributed by atoms with Gasteiger partial charge in [-0.1, -0.05) is 26.0 Å². The lowest BCUT2D eigenvalue weighted by atomic mass is 10.0. The van der Waals surface area contributed by atoms with Crippen LogP contribution >= 0.6 is 0 Å². The topological polar surface area (TPSA) is 66.9 Å². The standard InChI is InChI=1S/C18H26N2O4S/c1-14(2)15-5-7-16(8-6-15)25(22,23)20-11-9-19(10-12-20)18(21)17-4-3-13-24-17/h5-8,14,17H,3-4,9-13H2,1-2H3/t17-/m1/s1. The second-order valence-electron chi connectivity index (χ2n) is 6.95. The van der Waals surface area contributed by atoms with Gasteiger partial charge in [-0.2, -0.15) is 4.31 Å². The summed E-state index contributed by atoms with van der Waals surface area (Å²) in [6.07, 6.45) is 1.34. The molecule has 25 heavy (non-hydrogen) atoms. The van der Waals surface area contributed by atoms with Crippen LogP contribution in [-0.4, -0.2) is 62.4 Å². The molecule has 2 fully saturated rings. The summed E-state index contributed by atoms with van der Waals surface area (Å²) < 4.78 is 32.5. The maximum atomic E-state index is 12.8. The summed E-state index contributed by atoms with van der Waals surface area (Å²) in [4.78, 5) is 14.4. The van der Waals surface area contributed by atoms with Crippen LogP contribution in [0.1, 0.15) is 38.2 Å². The summed E-state index contributed by atoms with van der Waals surface area (Å²) in [7, 11) is -3.51. The Hall–Kier alpha value is -1.44. The molecule has 0 aromatic heterocycles. The van der Waals surface area contributed by atoms with Crippen molar-refractivity contribution in [2.75, 3.05) is 32.8 Å². The van der Waals surface area contributed by atoms with Crippen LogP contribution in [0.5, 0.6) is 0 Å². The van der Waals surface area contributed by atoms with Gasteiger partial charge in [0.25, 0.3) is 5.91 Å². The summed E-state index contributed by atoms with van der Waals surface area (Å²) >= 11 is 0. The van der Waals surface area contributed by atoms with Gasteiger partial charge in [0.2, 0.25) is 10.0 Å². The normalized spacial score (nSPS) is 22.5. The van der Waals surface area contributed by atoms with E-state index in [0.29, 0.717) is 43.6 Å². The van der Waals surface area contributed by atoms with Crippen molar-refractivity contribution in [2.24, 2.45) is 0 Å². The van der Waals surface area contributed by atoms with Crippen molar-refractivity contribution in [3.63, 3.8) is 0 Å². The number of carbonyl (C=O) groups excluding carboxylic acids is 1. The maximum absolute atomic E-state index is 12.8. The van der Waals surface area contributed by atoms with Crippen LogP contribution in [0.4, 0.5) is 0 Å². The average molecular weight is 366 g/mol. The van der Waals surface area contributed by atoms with Crippen LogP contribution in [0.3, 0.4) is 0 Å². The minimum absolute atomic E-state index is 0.00386. The Labute approximate surface area is 149 Å². The quantitative estimate of drug-likeness (QED) is 0.815. The zero-order valence-electron chi connectivity index (χ0n) is 14.8. The first-order valence-corrected chi connectivity index (χ1v) is 10.3. The number of sulfonamides is 1. The first-order valence-electron chi connectivity index (χ1n) is 8.90. The van der Waals surface area contributed by atoms with E-state index in [1.807, 2.05) is 12.1 Å². The molecule has 2 saturated heterocycles. The number of hydrogen-bond acceptors (Lipinski definition) is 4. The summed E-state index contributed by atoms with van der Waals surface area (Å²) in [5.74, 6) is 0.361. The molecule has 7 heteroatoms. The number of hydrogen-bond donors (Lipinski definition) is 0. The lowest BCUT2D eigenvalue weighted by molar-refractivity contribution is -0.142. The summed E-state index contributed by atoms with van der Waals surface area (Å²) in [5.41, 5.74) is 1.12. The Morgan fingerprint density at radius 2 is 1.76 bits per heavy atom. The van der Waals surface area contributed by atoms with Crippen LogP contribution in [-0.2, 0) is 19.6 Å². The Morgan fingerprint density at radius 1 is 1.12 bits per heavy atom. The molecule has 2 heterocycles. The second kappa shape index (κ2) is 7.43. The Balaban J connectivity index is 1.64. The predicted molar refractivity (Wildman–Crippen MR) is 94.8 cm³/mol. The highest BCUT2D eigenvalue weighted by atomic mass is 32.2. The molecular formula is C18H26N2O4S. The fourth-order valence-electron chi connectivity index (χ4n) is 3.30. The van der Waals surface area contributed by atoms with Crippen LogP contribution in [0, 0.1) is 0 Å². The molecular weight excluding hydrogens is 340 g/mol. The number of nitrogens with zero attached hydrogens (tertiary/aromatic N) is 2. The Bertz CT molecular complexity index is 701. The van der Waals surface area contributed by atoms with Gasteiger partial charge in [-0.3, -0.25) is 4.79 Å². The van der Waals surface area contributed by atoms with Crippen molar-refractivity contribution < 1.29 is 17.9 Å². The molecule has 3 rings (SSSR count). The van der Waals surface area contributed by atoms with E-state index < -0.39 is 10.0 Å². The third kappa shape index (κ3) is 3.88. The average Bonchev–Trinajstić information content (AvgIpc) is 3.16. The molecule has 0 unspecified atom stereocenters. The summed E-state index contributed by atoms with van der Waals surface area (Å²) in [6.45, 7) is 6.28. The number of amides is 1. The lowest BCUT2D eigenvalue weighted by Gasteiger charge is -2.35. The van der Waals surface area contributed by atoms with E-state index in [-0.39, 0.29) is 12.0 Å². The molecule has 0 radical (unpaired) electrons. The maximum Gasteiger partial charge on any atom is 0.251 e. The van der Waals surface area contributed by atoms with Crippen molar-refractivity contribution >= 4 is 15.9 Å². The molecule has 1 atom stereocenters. The van der Waals surface area contributed by atoms with Gasteiger partial charge in [0, 0.05) is 32.8 Å². The van der Waals surface area contributed by atoms with Crippen LogP contribution < -0.4 is 0 Å². The van der Waals surface area contributed by atoms with E-state index in [1.165, 1.54) is 4.31 Å². The van der Waals surface area contributed by atoms with Gasteiger partial charge in [0.15, 0.2) is 0 Å².